The number of hydrogen-bond donors (Lipinski definition) is 3. The van der Waals surface area contributed by atoms with Crippen LogP contribution in [-0.4, -0.2) is 58.5 Å². The summed E-state index contributed by atoms with van der Waals surface area (Å²) in [6.45, 7) is 1.01. The standard InChI is InChI=1S/C24H25F3N4O3S/c1-2-21-28-11-19(35-21)23(34)8-6-18(7-9-23)31-13-17(14-31)30-20(32)12-29-22(33)15-4-3-5-16(10-15)24(25,26)27/h1,3-5,10-11,17-18,34H,6-9,12-14H2,(H,29,33)(H,30,32). The van der Waals surface area contributed by atoms with E-state index in [1.54, 1.807) is 6.20 Å². The number of alkyl halides is 3. The maximum atomic E-state index is 12.8. The van der Waals surface area contributed by atoms with Gasteiger partial charge in [-0.3, -0.25) is 14.5 Å². The van der Waals surface area contributed by atoms with Crippen LogP contribution in [0.15, 0.2) is 30.5 Å². The highest BCUT2D eigenvalue weighted by atomic mass is 32.1. The largest absolute Gasteiger partial charge is 0.416 e. The van der Waals surface area contributed by atoms with Gasteiger partial charge in [-0.15, -0.1) is 17.8 Å². The van der Waals surface area contributed by atoms with Crippen molar-refractivity contribution in [1.82, 2.24) is 20.5 Å². The number of rotatable bonds is 6. The first kappa shape index (κ1) is 25.2. The zero-order valence-corrected chi connectivity index (χ0v) is 19.6. The second kappa shape index (κ2) is 9.97. The minimum absolute atomic E-state index is 0.0616. The number of carbonyl (C=O) groups is 2. The Bertz CT molecular complexity index is 1130. The average molecular weight is 507 g/mol. The van der Waals surface area contributed by atoms with E-state index in [1.165, 1.54) is 17.4 Å². The fourth-order valence-corrected chi connectivity index (χ4v) is 5.40. The van der Waals surface area contributed by atoms with E-state index in [4.69, 9.17) is 6.42 Å². The lowest BCUT2D eigenvalue weighted by Gasteiger charge is -2.48. The van der Waals surface area contributed by atoms with Gasteiger partial charge in [0.25, 0.3) is 5.91 Å². The molecule has 3 N–H and O–H groups in total. The molecule has 4 rings (SSSR count). The summed E-state index contributed by atoms with van der Waals surface area (Å²) in [7, 11) is 0. The van der Waals surface area contributed by atoms with Crippen molar-refractivity contribution in [3.05, 3.63) is 51.5 Å². The van der Waals surface area contributed by atoms with Gasteiger partial charge >= 0.3 is 6.18 Å². The summed E-state index contributed by atoms with van der Waals surface area (Å²) >= 11 is 1.34. The van der Waals surface area contributed by atoms with Gasteiger partial charge in [0.05, 0.1) is 23.0 Å². The third-order valence-corrected chi connectivity index (χ3v) is 7.64. The fourth-order valence-electron chi connectivity index (χ4n) is 4.53. The molecule has 0 unspecified atom stereocenters. The number of benzene rings is 1. The SMILES string of the molecule is C#Cc1ncc(C2(O)CCC(N3CC(NC(=O)CNC(=O)c4cccc(C(F)(F)F)c4)C3)CC2)s1. The maximum absolute atomic E-state index is 12.8. The summed E-state index contributed by atoms with van der Waals surface area (Å²) < 4.78 is 38.4. The van der Waals surface area contributed by atoms with Crippen LogP contribution < -0.4 is 10.6 Å². The molecule has 7 nitrogen and oxygen atoms in total. The zero-order valence-electron chi connectivity index (χ0n) is 18.8. The first-order valence-electron chi connectivity index (χ1n) is 11.2. The van der Waals surface area contributed by atoms with E-state index in [2.05, 4.69) is 26.4 Å². The van der Waals surface area contributed by atoms with Crippen LogP contribution in [0, 0.1) is 12.3 Å². The molecular weight excluding hydrogens is 481 g/mol. The Morgan fingerprint density at radius 3 is 2.63 bits per heavy atom. The van der Waals surface area contributed by atoms with Gasteiger partial charge < -0.3 is 15.7 Å². The van der Waals surface area contributed by atoms with Crippen LogP contribution in [0.3, 0.4) is 0 Å². The number of nitrogens with zero attached hydrogens (tertiary/aromatic N) is 2. The van der Waals surface area contributed by atoms with Crippen LogP contribution in [0.4, 0.5) is 13.2 Å². The third kappa shape index (κ3) is 5.83. The van der Waals surface area contributed by atoms with Crippen molar-refractivity contribution in [2.75, 3.05) is 19.6 Å². The fraction of sp³-hybridized carbons (Fsp3) is 0.458. The summed E-state index contributed by atoms with van der Waals surface area (Å²) in [6.07, 6.45) is 5.32. The predicted molar refractivity (Wildman–Crippen MR) is 123 cm³/mol. The number of carbonyl (C=O) groups excluding carboxylic acids is 2. The normalized spacial score (nSPS) is 23.2. The molecule has 35 heavy (non-hydrogen) atoms. The van der Waals surface area contributed by atoms with Crippen LogP contribution in [0.2, 0.25) is 0 Å². The summed E-state index contributed by atoms with van der Waals surface area (Å²) in [4.78, 5) is 31.5. The molecule has 1 saturated carbocycles. The molecule has 2 heterocycles. The number of likely N-dealkylation sites (tertiary alicyclic amines) is 1. The first-order chi connectivity index (χ1) is 16.6. The molecule has 11 heteroatoms. The van der Waals surface area contributed by atoms with Crippen molar-refractivity contribution in [2.24, 2.45) is 0 Å². The van der Waals surface area contributed by atoms with Gasteiger partial charge in [-0.2, -0.15) is 13.2 Å². The maximum Gasteiger partial charge on any atom is 0.416 e. The van der Waals surface area contributed by atoms with E-state index in [0.29, 0.717) is 37.0 Å². The molecule has 2 fully saturated rings. The van der Waals surface area contributed by atoms with Crippen LogP contribution in [0.25, 0.3) is 0 Å². The Balaban J connectivity index is 1.18. The highest BCUT2D eigenvalue weighted by molar-refractivity contribution is 7.12. The van der Waals surface area contributed by atoms with E-state index in [9.17, 15) is 27.9 Å². The molecule has 0 spiro atoms. The number of terminal acetylenes is 1. The Hall–Kier alpha value is -2.94. The monoisotopic (exact) mass is 506 g/mol. The minimum Gasteiger partial charge on any atom is -0.384 e. The van der Waals surface area contributed by atoms with Gasteiger partial charge in [-0.25, -0.2) is 4.98 Å². The number of hydrogen-bond acceptors (Lipinski definition) is 6. The van der Waals surface area contributed by atoms with Crippen molar-refractivity contribution < 1.29 is 27.9 Å². The summed E-state index contributed by atoms with van der Waals surface area (Å²) in [5.41, 5.74) is -1.98. The number of aliphatic hydroxyl groups is 1. The lowest BCUT2D eigenvalue weighted by atomic mass is 9.80. The van der Waals surface area contributed by atoms with Crippen molar-refractivity contribution in [1.29, 1.82) is 0 Å². The number of nitrogens with one attached hydrogen (secondary N) is 2. The molecule has 2 amide bonds. The van der Waals surface area contributed by atoms with E-state index in [-0.39, 0.29) is 18.2 Å². The highest BCUT2D eigenvalue weighted by Gasteiger charge is 2.41. The van der Waals surface area contributed by atoms with Gasteiger partial charge in [0, 0.05) is 30.9 Å². The molecule has 1 aliphatic carbocycles. The Kier molecular flexibility index (Phi) is 7.17. The molecule has 1 aromatic heterocycles. The Morgan fingerprint density at radius 2 is 2.00 bits per heavy atom. The lowest BCUT2D eigenvalue weighted by Crippen LogP contribution is -2.63. The number of thiazole rings is 1. The van der Waals surface area contributed by atoms with Crippen LogP contribution >= 0.6 is 11.3 Å². The zero-order chi connectivity index (χ0) is 25.2. The molecule has 2 aromatic rings. The second-order valence-corrected chi connectivity index (χ2v) is 9.95. The van der Waals surface area contributed by atoms with Crippen LogP contribution in [-0.2, 0) is 16.6 Å². The first-order valence-corrected chi connectivity index (χ1v) is 12.0. The number of aromatic nitrogens is 1. The van der Waals surface area contributed by atoms with Gasteiger partial charge in [-0.1, -0.05) is 6.07 Å². The molecule has 0 bridgehead atoms. The molecule has 0 atom stereocenters. The summed E-state index contributed by atoms with van der Waals surface area (Å²) in [6, 6.07) is 4.30. The summed E-state index contributed by atoms with van der Waals surface area (Å²) in [5.74, 6) is 1.35. The second-order valence-electron chi connectivity index (χ2n) is 8.92. The van der Waals surface area contributed by atoms with Crippen LogP contribution in [0.5, 0.6) is 0 Å². The van der Waals surface area contributed by atoms with Crippen molar-refractivity contribution >= 4 is 23.2 Å². The molecule has 186 valence electrons. The molecular formula is C24H25F3N4O3S. The number of amides is 2. The van der Waals surface area contributed by atoms with Crippen molar-refractivity contribution in [2.45, 2.75) is 49.5 Å². The highest BCUT2D eigenvalue weighted by Crippen LogP contribution is 2.41. The Labute approximate surface area is 204 Å². The Morgan fingerprint density at radius 1 is 1.29 bits per heavy atom. The molecule has 0 radical (unpaired) electrons. The topological polar surface area (TPSA) is 94.6 Å². The van der Waals surface area contributed by atoms with Gasteiger partial charge in [0.1, 0.15) is 5.60 Å². The molecule has 1 aliphatic heterocycles. The smallest absolute Gasteiger partial charge is 0.384 e. The van der Waals surface area contributed by atoms with Gasteiger partial charge in [-0.05, 0) is 49.8 Å². The third-order valence-electron chi connectivity index (χ3n) is 6.52. The van der Waals surface area contributed by atoms with Gasteiger partial charge in [0.2, 0.25) is 5.91 Å². The van der Waals surface area contributed by atoms with Gasteiger partial charge in [0.15, 0.2) is 5.01 Å². The summed E-state index contributed by atoms with van der Waals surface area (Å²) in [5, 5.41) is 16.7. The molecule has 1 saturated heterocycles. The predicted octanol–water partition coefficient (Wildman–Crippen LogP) is 2.50. The van der Waals surface area contributed by atoms with E-state index < -0.39 is 29.2 Å². The molecule has 1 aromatic carbocycles. The number of halogens is 3. The quantitative estimate of drug-likeness (QED) is 0.524. The average Bonchev–Trinajstić information content (AvgIpc) is 3.30. The van der Waals surface area contributed by atoms with E-state index in [1.807, 2.05) is 0 Å². The minimum atomic E-state index is -4.55. The van der Waals surface area contributed by atoms with Crippen molar-refractivity contribution in [3.63, 3.8) is 0 Å². The molecule has 2 aliphatic rings. The van der Waals surface area contributed by atoms with E-state index in [0.717, 1.165) is 35.9 Å². The van der Waals surface area contributed by atoms with Crippen LogP contribution in [0.1, 0.15) is 51.5 Å². The van der Waals surface area contributed by atoms with Crippen molar-refractivity contribution in [3.8, 4) is 12.3 Å². The van der Waals surface area contributed by atoms with E-state index >= 15 is 0 Å². The lowest BCUT2D eigenvalue weighted by molar-refractivity contribution is -0.137.